The van der Waals surface area contributed by atoms with Crippen molar-refractivity contribution < 1.29 is 14.3 Å². The summed E-state index contributed by atoms with van der Waals surface area (Å²) >= 11 is 0. The Balaban J connectivity index is 3.46. The molecule has 4 nitrogen and oxygen atoms in total. The molecule has 0 aliphatic rings. The molecule has 4 heteroatoms. The van der Waals surface area contributed by atoms with Crippen LogP contribution in [0.25, 0.3) is 0 Å². The third-order valence-corrected chi connectivity index (χ3v) is 1.37. The third-order valence-electron chi connectivity index (χ3n) is 1.37. The number of carbonyl (C=O) groups is 2. The minimum Gasteiger partial charge on any atom is -0.466 e. The number of carbonyl (C=O) groups excluding carboxylic acids is 2. The van der Waals surface area contributed by atoms with Crippen molar-refractivity contribution in [1.29, 1.82) is 0 Å². The SMILES string of the molecule is CCOC(=O)C[C@H](C)CNC=O. The predicted molar refractivity (Wildman–Crippen MR) is 44.5 cm³/mol. The lowest BCUT2D eigenvalue weighted by Gasteiger charge is -2.08. The van der Waals surface area contributed by atoms with Crippen LogP contribution < -0.4 is 5.32 Å². The van der Waals surface area contributed by atoms with E-state index in [1.54, 1.807) is 6.92 Å². The van der Waals surface area contributed by atoms with E-state index in [1.165, 1.54) is 0 Å². The zero-order chi connectivity index (χ0) is 9.40. The Labute approximate surface area is 72.3 Å². The Morgan fingerprint density at radius 1 is 1.67 bits per heavy atom. The monoisotopic (exact) mass is 173 g/mol. The maximum absolute atomic E-state index is 10.9. The molecular weight excluding hydrogens is 158 g/mol. The van der Waals surface area contributed by atoms with Gasteiger partial charge in [-0.05, 0) is 12.8 Å². The van der Waals surface area contributed by atoms with Gasteiger partial charge in [0.15, 0.2) is 0 Å². The van der Waals surface area contributed by atoms with E-state index >= 15 is 0 Å². The number of amides is 1. The molecule has 0 rings (SSSR count). The standard InChI is InChI=1S/C8H15NO3/c1-3-12-8(11)4-7(2)5-9-6-10/h6-7H,3-5H2,1-2H3,(H,9,10)/t7-/m0/s1. The Hall–Kier alpha value is -1.06. The fourth-order valence-electron chi connectivity index (χ4n) is 0.826. The first-order valence-electron chi connectivity index (χ1n) is 4.03. The minimum absolute atomic E-state index is 0.134. The van der Waals surface area contributed by atoms with Gasteiger partial charge in [-0.3, -0.25) is 9.59 Å². The first kappa shape index (κ1) is 10.9. The van der Waals surface area contributed by atoms with Crippen LogP contribution in [0.1, 0.15) is 20.3 Å². The molecule has 1 atom stereocenters. The van der Waals surface area contributed by atoms with Crippen molar-refractivity contribution in [2.75, 3.05) is 13.2 Å². The lowest BCUT2D eigenvalue weighted by Crippen LogP contribution is -2.22. The van der Waals surface area contributed by atoms with E-state index in [1.807, 2.05) is 6.92 Å². The fraction of sp³-hybridized carbons (Fsp3) is 0.750. The average Bonchev–Trinajstić information content (AvgIpc) is 2.01. The lowest BCUT2D eigenvalue weighted by atomic mass is 10.1. The number of rotatable bonds is 6. The van der Waals surface area contributed by atoms with Gasteiger partial charge in [0.2, 0.25) is 6.41 Å². The van der Waals surface area contributed by atoms with Gasteiger partial charge in [-0.2, -0.15) is 0 Å². The van der Waals surface area contributed by atoms with Crippen LogP contribution >= 0.6 is 0 Å². The van der Waals surface area contributed by atoms with Gasteiger partial charge in [0.1, 0.15) is 0 Å². The summed E-state index contributed by atoms with van der Waals surface area (Å²) in [6, 6.07) is 0. The maximum Gasteiger partial charge on any atom is 0.306 e. The van der Waals surface area contributed by atoms with E-state index in [0.717, 1.165) is 0 Å². The molecular formula is C8H15NO3. The highest BCUT2D eigenvalue weighted by molar-refractivity contribution is 5.69. The van der Waals surface area contributed by atoms with Gasteiger partial charge in [-0.25, -0.2) is 0 Å². The van der Waals surface area contributed by atoms with E-state index in [2.05, 4.69) is 5.32 Å². The number of hydrogen-bond donors (Lipinski definition) is 1. The minimum atomic E-state index is -0.210. The predicted octanol–water partition coefficient (Wildman–Crippen LogP) is 0.322. The van der Waals surface area contributed by atoms with Gasteiger partial charge in [0, 0.05) is 13.0 Å². The second kappa shape index (κ2) is 6.64. The number of nitrogens with one attached hydrogen (secondary N) is 1. The van der Waals surface area contributed by atoms with Crippen molar-refractivity contribution >= 4 is 12.4 Å². The molecule has 0 aromatic carbocycles. The molecule has 0 saturated heterocycles. The summed E-state index contributed by atoms with van der Waals surface area (Å²) in [5, 5.41) is 2.51. The van der Waals surface area contributed by atoms with E-state index in [-0.39, 0.29) is 11.9 Å². The number of hydrogen-bond acceptors (Lipinski definition) is 3. The van der Waals surface area contributed by atoms with E-state index < -0.39 is 0 Å². The molecule has 0 aliphatic heterocycles. The average molecular weight is 173 g/mol. The normalized spacial score (nSPS) is 11.8. The van der Waals surface area contributed by atoms with Crippen LogP contribution in [0.4, 0.5) is 0 Å². The second-order valence-corrected chi connectivity index (χ2v) is 2.64. The summed E-state index contributed by atoms with van der Waals surface area (Å²) in [4.78, 5) is 20.8. The Bertz CT molecular complexity index is 147. The first-order chi connectivity index (χ1) is 5.70. The largest absolute Gasteiger partial charge is 0.466 e. The van der Waals surface area contributed by atoms with Crippen LogP contribution in [0.5, 0.6) is 0 Å². The van der Waals surface area contributed by atoms with E-state index in [9.17, 15) is 9.59 Å². The van der Waals surface area contributed by atoms with Crippen LogP contribution in [-0.4, -0.2) is 25.5 Å². The molecule has 0 unspecified atom stereocenters. The summed E-state index contributed by atoms with van der Waals surface area (Å²) < 4.78 is 4.74. The molecule has 0 spiro atoms. The van der Waals surface area contributed by atoms with Crippen LogP contribution in [0.15, 0.2) is 0 Å². The molecule has 0 radical (unpaired) electrons. The second-order valence-electron chi connectivity index (χ2n) is 2.64. The highest BCUT2D eigenvalue weighted by Crippen LogP contribution is 2.00. The Kier molecular flexibility index (Phi) is 6.05. The molecule has 0 fully saturated rings. The zero-order valence-corrected chi connectivity index (χ0v) is 7.50. The van der Waals surface area contributed by atoms with Crippen molar-refractivity contribution in [3.8, 4) is 0 Å². The van der Waals surface area contributed by atoms with E-state index in [4.69, 9.17) is 4.74 Å². The molecule has 0 aromatic rings. The Morgan fingerprint density at radius 3 is 2.83 bits per heavy atom. The summed E-state index contributed by atoms with van der Waals surface area (Å²) in [5.74, 6) is -0.0769. The summed E-state index contributed by atoms with van der Waals surface area (Å²) in [7, 11) is 0. The van der Waals surface area contributed by atoms with E-state index in [0.29, 0.717) is 26.0 Å². The maximum atomic E-state index is 10.9. The number of ether oxygens (including phenoxy) is 1. The molecule has 1 amide bonds. The molecule has 0 saturated carbocycles. The highest BCUT2D eigenvalue weighted by Gasteiger charge is 2.08. The Morgan fingerprint density at radius 2 is 2.33 bits per heavy atom. The van der Waals surface area contributed by atoms with Crippen LogP contribution in [0, 0.1) is 5.92 Å². The van der Waals surface area contributed by atoms with Crippen LogP contribution in [0.3, 0.4) is 0 Å². The van der Waals surface area contributed by atoms with Crippen LogP contribution in [-0.2, 0) is 14.3 Å². The van der Waals surface area contributed by atoms with Gasteiger partial charge >= 0.3 is 5.97 Å². The van der Waals surface area contributed by atoms with Gasteiger partial charge < -0.3 is 10.1 Å². The smallest absolute Gasteiger partial charge is 0.306 e. The summed E-state index contributed by atoms with van der Waals surface area (Å²) in [6.45, 7) is 4.58. The quantitative estimate of drug-likeness (QED) is 0.465. The van der Waals surface area contributed by atoms with Gasteiger partial charge in [-0.15, -0.1) is 0 Å². The molecule has 0 bridgehead atoms. The van der Waals surface area contributed by atoms with Crippen molar-refractivity contribution in [3.63, 3.8) is 0 Å². The third kappa shape index (κ3) is 5.70. The molecule has 0 heterocycles. The topological polar surface area (TPSA) is 55.4 Å². The number of esters is 1. The van der Waals surface area contributed by atoms with Gasteiger partial charge in [0.05, 0.1) is 6.61 Å². The summed E-state index contributed by atoms with van der Waals surface area (Å²) in [6.07, 6.45) is 0.982. The summed E-state index contributed by atoms with van der Waals surface area (Å²) in [5.41, 5.74) is 0. The van der Waals surface area contributed by atoms with Crippen molar-refractivity contribution in [2.45, 2.75) is 20.3 Å². The highest BCUT2D eigenvalue weighted by atomic mass is 16.5. The lowest BCUT2D eigenvalue weighted by molar-refractivity contribution is -0.144. The van der Waals surface area contributed by atoms with Crippen molar-refractivity contribution in [2.24, 2.45) is 5.92 Å². The van der Waals surface area contributed by atoms with Gasteiger partial charge in [-0.1, -0.05) is 6.92 Å². The fourth-order valence-corrected chi connectivity index (χ4v) is 0.826. The molecule has 0 aliphatic carbocycles. The molecule has 12 heavy (non-hydrogen) atoms. The zero-order valence-electron chi connectivity index (χ0n) is 7.50. The van der Waals surface area contributed by atoms with Gasteiger partial charge in [0.25, 0.3) is 0 Å². The molecule has 1 N–H and O–H groups in total. The molecule has 0 aromatic heterocycles. The first-order valence-corrected chi connectivity index (χ1v) is 4.03. The molecule has 70 valence electrons. The van der Waals surface area contributed by atoms with Crippen molar-refractivity contribution in [3.05, 3.63) is 0 Å². The van der Waals surface area contributed by atoms with Crippen LogP contribution in [0.2, 0.25) is 0 Å². The van der Waals surface area contributed by atoms with Crippen molar-refractivity contribution in [1.82, 2.24) is 5.32 Å².